The van der Waals surface area contributed by atoms with Crippen LogP contribution in [-0.2, 0) is 16.0 Å². The van der Waals surface area contributed by atoms with E-state index in [9.17, 15) is 9.59 Å². The molecule has 0 radical (unpaired) electrons. The average molecular weight is 366 g/mol. The van der Waals surface area contributed by atoms with Gasteiger partial charge in [-0.3, -0.25) is 9.59 Å². The molecule has 2 heterocycles. The van der Waals surface area contributed by atoms with Crippen molar-refractivity contribution in [1.29, 1.82) is 0 Å². The second-order valence-electron chi connectivity index (χ2n) is 7.05. The number of likely N-dealkylation sites (tertiary alicyclic amines) is 1. The van der Waals surface area contributed by atoms with E-state index in [0.29, 0.717) is 13.1 Å². The summed E-state index contributed by atoms with van der Waals surface area (Å²) in [4.78, 5) is 26.6. The minimum absolute atomic E-state index is 0. The van der Waals surface area contributed by atoms with Crippen LogP contribution in [0.2, 0.25) is 0 Å². The Hall–Kier alpha value is -1.59. The predicted molar refractivity (Wildman–Crippen MR) is 101 cm³/mol. The lowest BCUT2D eigenvalue weighted by Gasteiger charge is -2.29. The molecule has 0 spiro atoms. The third kappa shape index (κ3) is 4.33. The lowest BCUT2D eigenvalue weighted by molar-refractivity contribution is -0.140. The molecule has 1 saturated heterocycles. The average Bonchev–Trinajstić information content (AvgIpc) is 3.08. The van der Waals surface area contributed by atoms with Crippen LogP contribution in [0.3, 0.4) is 0 Å². The number of benzene rings is 1. The summed E-state index contributed by atoms with van der Waals surface area (Å²) in [6, 6.07) is 8.23. The highest BCUT2D eigenvalue weighted by molar-refractivity contribution is 5.88. The second-order valence-corrected chi connectivity index (χ2v) is 7.05. The quantitative estimate of drug-likeness (QED) is 0.858. The lowest BCUT2D eigenvalue weighted by atomic mass is 9.94. The van der Waals surface area contributed by atoms with Gasteiger partial charge in [0.15, 0.2) is 0 Å². The van der Waals surface area contributed by atoms with E-state index in [0.717, 1.165) is 25.8 Å². The van der Waals surface area contributed by atoms with E-state index in [1.165, 1.54) is 11.1 Å². The minimum atomic E-state index is -0.307. The highest BCUT2D eigenvalue weighted by Gasteiger charge is 2.35. The van der Waals surface area contributed by atoms with Gasteiger partial charge in [-0.05, 0) is 36.9 Å². The van der Waals surface area contributed by atoms with Crippen molar-refractivity contribution in [3.63, 3.8) is 0 Å². The number of nitrogens with zero attached hydrogens (tertiary/aromatic N) is 1. The van der Waals surface area contributed by atoms with Gasteiger partial charge < -0.3 is 15.5 Å². The van der Waals surface area contributed by atoms with Crippen molar-refractivity contribution >= 4 is 24.2 Å². The molecule has 2 atom stereocenters. The van der Waals surface area contributed by atoms with Gasteiger partial charge in [0.2, 0.25) is 11.8 Å². The maximum Gasteiger partial charge on any atom is 0.242 e. The monoisotopic (exact) mass is 365 g/mol. The number of halogens is 1. The lowest BCUT2D eigenvalue weighted by Crippen LogP contribution is -2.49. The molecule has 2 unspecified atom stereocenters. The summed E-state index contributed by atoms with van der Waals surface area (Å²) in [5.74, 6) is -0.00886. The molecule has 2 aliphatic rings. The number of nitrogens with one attached hydrogen (secondary N) is 2. The zero-order valence-corrected chi connectivity index (χ0v) is 15.8. The van der Waals surface area contributed by atoms with Crippen LogP contribution in [0.5, 0.6) is 0 Å². The molecule has 1 aromatic carbocycles. The van der Waals surface area contributed by atoms with Crippen molar-refractivity contribution in [2.24, 2.45) is 5.92 Å². The molecule has 138 valence electrons. The molecule has 25 heavy (non-hydrogen) atoms. The zero-order chi connectivity index (χ0) is 17.1. The van der Waals surface area contributed by atoms with E-state index in [-0.39, 0.29) is 42.2 Å². The molecule has 0 aliphatic carbocycles. The first-order valence-corrected chi connectivity index (χ1v) is 8.97. The van der Waals surface area contributed by atoms with Crippen LogP contribution < -0.4 is 10.6 Å². The van der Waals surface area contributed by atoms with Gasteiger partial charge in [-0.2, -0.15) is 0 Å². The smallest absolute Gasteiger partial charge is 0.242 e. The molecule has 2 N–H and O–H groups in total. The number of carbonyl (C=O) groups excluding carboxylic acids is 2. The van der Waals surface area contributed by atoms with Crippen molar-refractivity contribution < 1.29 is 9.59 Å². The summed E-state index contributed by atoms with van der Waals surface area (Å²) in [5, 5.41) is 6.54. The Morgan fingerprint density at radius 3 is 2.84 bits per heavy atom. The second kappa shape index (κ2) is 8.68. The summed E-state index contributed by atoms with van der Waals surface area (Å²) in [5.41, 5.74) is 2.62. The summed E-state index contributed by atoms with van der Waals surface area (Å²) >= 11 is 0. The van der Waals surface area contributed by atoms with Gasteiger partial charge in [-0.25, -0.2) is 0 Å². The Balaban J connectivity index is 0.00000225. The summed E-state index contributed by atoms with van der Waals surface area (Å²) in [7, 11) is 0. The molecule has 1 aromatic rings. The van der Waals surface area contributed by atoms with E-state index in [1.807, 2.05) is 19.9 Å². The van der Waals surface area contributed by atoms with Crippen LogP contribution in [-0.4, -0.2) is 42.4 Å². The Morgan fingerprint density at radius 1 is 1.32 bits per heavy atom. The summed E-state index contributed by atoms with van der Waals surface area (Å²) in [6.45, 7) is 5.96. The SMILES string of the molecule is CC(C)C(=O)N1CCCC1C(=O)NCC1NCCc2ccccc21.Cl. The Morgan fingerprint density at radius 2 is 2.08 bits per heavy atom. The first-order valence-electron chi connectivity index (χ1n) is 8.97. The predicted octanol–water partition coefficient (Wildman–Crippen LogP) is 2.06. The van der Waals surface area contributed by atoms with Crippen molar-refractivity contribution in [2.45, 2.75) is 45.2 Å². The zero-order valence-electron chi connectivity index (χ0n) is 15.0. The molecule has 1 fully saturated rings. The number of hydrogen-bond acceptors (Lipinski definition) is 3. The first kappa shape index (κ1) is 19.7. The molecule has 5 nitrogen and oxygen atoms in total. The number of carbonyl (C=O) groups is 2. The van der Waals surface area contributed by atoms with E-state index in [1.54, 1.807) is 4.90 Å². The third-order valence-corrected chi connectivity index (χ3v) is 5.03. The topological polar surface area (TPSA) is 61.4 Å². The highest BCUT2D eigenvalue weighted by Crippen LogP contribution is 2.23. The molecular formula is C19H28ClN3O2. The fourth-order valence-corrected chi connectivity index (χ4v) is 3.73. The standard InChI is InChI=1S/C19H27N3O2.ClH/c1-13(2)19(24)22-11-5-8-17(22)18(23)21-12-16-15-7-4-3-6-14(15)9-10-20-16;/h3-4,6-7,13,16-17,20H,5,8-12H2,1-2H3,(H,21,23);1H. The summed E-state index contributed by atoms with van der Waals surface area (Å²) in [6.07, 6.45) is 2.69. The molecule has 2 amide bonds. The van der Waals surface area contributed by atoms with Gasteiger partial charge in [-0.1, -0.05) is 38.1 Å². The van der Waals surface area contributed by atoms with Gasteiger partial charge in [0.1, 0.15) is 6.04 Å². The third-order valence-electron chi connectivity index (χ3n) is 5.03. The fourth-order valence-electron chi connectivity index (χ4n) is 3.73. The minimum Gasteiger partial charge on any atom is -0.352 e. The highest BCUT2D eigenvalue weighted by atomic mass is 35.5. The van der Waals surface area contributed by atoms with E-state index >= 15 is 0 Å². The number of hydrogen-bond donors (Lipinski definition) is 2. The first-order chi connectivity index (χ1) is 11.6. The van der Waals surface area contributed by atoms with Crippen LogP contribution in [0.25, 0.3) is 0 Å². The van der Waals surface area contributed by atoms with E-state index < -0.39 is 0 Å². The summed E-state index contributed by atoms with van der Waals surface area (Å²) < 4.78 is 0. The van der Waals surface area contributed by atoms with Crippen LogP contribution >= 0.6 is 12.4 Å². The van der Waals surface area contributed by atoms with Crippen LogP contribution in [0.4, 0.5) is 0 Å². The van der Waals surface area contributed by atoms with Crippen LogP contribution in [0.1, 0.15) is 43.9 Å². The van der Waals surface area contributed by atoms with Gasteiger partial charge in [0.25, 0.3) is 0 Å². The van der Waals surface area contributed by atoms with Crippen molar-refractivity contribution in [3.8, 4) is 0 Å². The molecule has 3 rings (SSSR count). The molecule has 0 aromatic heterocycles. The largest absolute Gasteiger partial charge is 0.352 e. The Labute approximate surface area is 155 Å². The maximum absolute atomic E-state index is 12.6. The molecule has 0 saturated carbocycles. The molecule has 2 aliphatic heterocycles. The Bertz CT molecular complexity index is 620. The van der Waals surface area contributed by atoms with Crippen molar-refractivity contribution in [1.82, 2.24) is 15.5 Å². The number of amides is 2. The number of fused-ring (bicyclic) bond motifs is 1. The van der Waals surface area contributed by atoms with Gasteiger partial charge in [-0.15, -0.1) is 12.4 Å². The maximum atomic E-state index is 12.6. The van der Waals surface area contributed by atoms with Crippen molar-refractivity contribution in [3.05, 3.63) is 35.4 Å². The van der Waals surface area contributed by atoms with E-state index in [4.69, 9.17) is 0 Å². The van der Waals surface area contributed by atoms with Crippen LogP contribution in [0.15, 0.2) is 24.3 Å². The van der Waals surface area contributed by atoms with Gasteiger partial charge in [0, 0.05) is 25.0 Å². The fraction of sp³-hybridized carbons (Fsp3) is 0.579. The Kier molecular flexibility index (Phi) is 6.85. The normalized spacial score (nSPS) is 22.3. The van der Waals surface area contributed by atoms with E-state index in [2.05, 4.69) is 28.8 Å². The molecule has 0 bridgehead atoms. The molecular weight excluding hydrogens is 338 g/mol. The number of rotatable bonds is 4. The van der Waals surface area contributed by atoms with Gasteiger partial charge in [0.05, 0.1) is 0 Å². The molecule has 6 heteroatoms. The van der Waals surface area contributed by atoms with Gasteiger partial charge >= 0.3 is 0 Å². The van der Waals surface area contributed by atoms with Crippen molar-refractivity contribution in [2.75, 3.05) is 19.6 Å². The van der Waals surface area contributed by atoms with Crippen LogP contribution in [0, 0.1) is 5.92 Å².